The first-order valence-electron chi connectivity index (χ1n) is 6.97. The molecule has 0 atom stereocenters. The highest BCUT2D eigenvalue weighted by molar-refractivity contribution is 5.40. The van der Waals surface area contributed by atoms with Crippen LogP contribution in [0.4, 0.5) is 11.9 Å². The Kier molecular flexibility index (Phi) is 3.46. The van der Waals surface area contributed by atoms with E-state index in [0.717, 1.165) is 13.1 Å². The van der Waals surface area contributed by atoms with E-state index >= 15 is 0 Å². The van der Waals surface area contributed by atoms with E-state index in [2.05, 4.69) is 30.2 Å². The summed E-state index contributed by atoms with van der Waals surface area (Å²) in [5.74, 6) is 1.66. The van der Waals surface area contributed by atoms with Crippen molar-refractivity contribution >= 4 is 11.9 Å². The molecule has 3 heterocycles. The molecule has 0 aliphatic carbocycles. The van der Waals surface area contributed by atoms with Crippen LogP contribution in [-0.4, -0.2) is 55.3 Å². The maximum absolute atomic E-state index is 10.0. The molecular weight excluding hydrogens is 270 g/mol. The predicted molar refractivity (Wildman–Crippen MR) is 78.6 cm³/mol. The van der Waals surface area contributed by atoms with Crippen molar-refractivity contribution in [2.45, 2.75) is 25.4 Å². The number of hydrogen-bond donors (Lipinski definition) is 2. The second-order valence-corrected chi connectivity index (χ2v) is 5.46. The number of piperidine rings is 1. The number of nitrogens with zero attached hydrogens (tertiary/aromatic N) is 6. The van der Waals surface area contributed by atoms with E-state index in [9.17, 15) is 5.11 Å². The van der Waals surface area contributed by atoms with Crippen LogP contribution < -0.4 is 10.2 Å². The number of hydrogen-bond acceptors (Lipinski definition) is 7. The first kappa shape index (κ1) is 13.7. The molecule has 0 amide bonds. The standard InChI is InChI=1S/C13H19N7O/c1-13(21)3-6-19(7-4-13)11-16-10(14-2)17-12(18-11)20-8-5-15-9-20/h5,8-9,21H,3-4,6-7H2,1-2H3,(H,14,16,17,18). The second-order valence-electron chi connectivity index (χ2n) is 5.46. The quantitative estimate of drug-likeness (QED) is 0.847. The number of aromatic nitrogens is 5. The molecule has 1 aliphatic heterocycles. The van der Waals surface area contributed by atoms with Gasteiger partial charge >= 0.3 is 0 Å². The van der Waals surface area contributed by atoms with E-state index in [-0.39, 0.29) is 0 Å². The summed E-state index contributed by atoms with van der Waals surface area (Å²) in [6, 6.07) is 0. The summed E-state index contributed by atoms with van der Waals surface area (Å²) in [4.78, 5) is 19.3. The first-order valence-corrected chi connectivity index (χ1v) is 6.97. The topological polar surface area (TPSA) is 92.0 Å². The van der Waals surface area contributed by atoms with Gasteiger partial charge in [0.15, 0.2) is 0 Å². The number of aliphatic hydroxyl groups is 1. The van der Waals surface area contributed by atoms with Gasteiger partial charge in [-0.05, 0) is 19.8 Å². The largest absolute Gasteiger partial charge is 0.390 e. The summed E-state index contributed by atoms with van der Waals surface area (Å²) in [6.45, 7) is 3.32. The zero-order valence-electron chi connectivity index (χ0n) is 12.2. The van der Waals surface area contributed by atoms with Crippen molar-refractivity contribution in [2.24, 2.45) is 0 Å². The minimum absolute atomic E-state index is 0.515. The molecule has 8 nitrogen and oxygen atoms in total. The molecule has 112 valence electrons. The summed E-state index contributed by atoms with van der Waals surface area (Å²) in [5, 5.41) is 13.0. The van der Waals surface area contributed by atoms with E-state index in [4.69, 9.17) is 0 Å². The second kappa shape index (κ2) is 5.28. The van der Waals surface area contributed by atoms with Crippen molar-refractivity contribution in [1.82, 2.24) is 24.5 Å². The third-order valence-corrected chi connectivity index (χ3v) is 3.69. The highest BCUT2D eigenvalue weighted by Crippen LogP contribution is 2.24. The maximum Gasteiger partial charge on any atom is 0.241 e. The van der Waals surface area contributed by atoms with Crippen LogP contribution in [0.1, 0.15) is 19.8 Å². The lowest BCUT2D eigenvalue weighted by Gasteiger charge is -2.35. The van der Waals surface area contributed by atoms with Gasteiger partial charge < -0.3 is 15.3 Å². The van der Waals surface area contributed by atoms with E-state index in [0.29, 0.717) is 30.7 Å². The fraction of sp³-hybridized carbons (Fsp3) is 0.538. The van der Waals surface area contributed by atoms with Gasteiger partial charge in [0.2, 0.25) is 17.8 Å². The van der Waals surface area contributed by atoms with Gasteiger partial charge in [-0.25, -0.2) is 4.98 Å². The summed E-state index contributed by atoms with van der Waals surface area (Å²) in [5.41, 5.74) is -0.595. The van der Waals surface area contributed by atoms with Gasteiger partial charge in [-0.1, -0.05) is 0 Å². The van der Waals surface area contributed by atoms with Gasteiger partial charge in [-0.3, -0.25) is 4.57 Å². The Morgan fingerprint density at radius 1 is 1.19 bits per heavy atom. The van der Waals surface area contributed by atoms with Gasteiger partial charge in [0.25, 0.3) is 0 Å². The molecule has 0 bridgehead atoms. The minimum atomic E-state index is -0.595. The van der Waals surface area contributed by atoms with Crippen molar-refractivity contribution < 1.29 is 5.11 Å². The minimum Gasteiger partial charge on any atom is -0.390 e. The number of nitrogens with one attached hydrogen (secondary N) is 1. The molecule has 8 heteroatoms. The fourth-order valence-corrected chi connectivity index (χ4v) is 2.29. The van der Waals surface area contributed by atoms with Gasteiger partial charge in [0.05, 0.1) is 5.60 Å². The fourth-order valence-electron chi connectivity index (χ4n) is 2.29. The molecule has 2 N–H and O–H groups in total. The Balaban J connectivity index is 1.90. The smallest absolute Gasteiger partial charge is 0.241 e. The van der Waals surface area contributed by atoms with Crippen LogP contribution in [0.15, 0.2) is 18.7 Å². The molecule has 0 radical (unpaired) electrons. The van der Waals surface area contributed by atoms with Crippen LogP contribution in [0.2, 0.25) is 0 Å². The lowest BCUT2D eigenvalue weighted by atomic mass is 9.94. The Hall–Kier alpha value is -2.22. The van der Waals surface area contributed by atoms with Crippen molar-refractivity contribution in [3.05, 3.63) is 18.7 Å². The van der Waals surface area contributed by atoms with Crippen molar-refractivity contribution in [1.29, 1.82) is 0 Å². The zero-order chi connectivity index (χ0) is 14.9. The van der Waals surface area contributed by atoms with Crippen LogP contribution >= 0.6 is 0 Å². The summed E-state index contributed by atoms with van der Waals surface area (Å²) in [6.07, 6.45) is 6.53. The number of rotatable bonds is 3. The van der Waals surface area contributed by atoms with Crippen LogP contribution in [0.3, 0.4) is 0 Å². The van der Waals surface area contributed by atoms with E-state index < -0.39 is 5.60 Å². The predicted octanol–water partition coefficient (Wildman–Crippen LogP) is 0.450. The highest BCUT2D eigenvalue weighted by atomic mass is 16.3. The third kappa shape index (κ3) is 2.94. The third-order valence-electron chi connectivity index (χ3n) is 3.69. The Morgan fingerprint density at radius 2 is 1.90 bits per heavy atom. The summed E-state index contributed by atoms with van der Waals surface area (Å²) in [7, 11) is 1.78. The maximum atomic E-state index is 10.0. The van der Waals surface area contributed by atoms with Gasteiger partial charge in [0, 0.05) is 32.5 Å². The van der Waals surface area contributed by atoms with Gasteiger partial charge in [-0.15, -0.1) is 0 Å². The van der Waals surface area contributed by atoms with Crippen LogP contribution in [0, 0.1) is 0 Å². The SMILES string of the molecule is CNc1nc(N2CCC(C)(O)CC2)nc(-n2ccnc2)n1. The normalized spacial score (nSPS) is 17.8. The molecule has 0 aromatic carbocycles. The average Bonchev–Trinajstić information content (AvgIpc) is 3.01. The van der Waals surface area contributed by atoms with Crippen molar-refractivity contribution in [2.75, 3.05) is 30.4 Å². The molecule has 2 aromatic rings. The molecule has 21 heavy (non-hydrogen) atoms. The molecule has 2 aromatic heterocycles. The van der Waals surface area contributed by atoms with Crippen LogP contribution in [-0.2, 0) is 0 Å². The average molecular weight is 289 g/mol. The van der Waals surface area contributed by atoms with Crippen molar-refractivity contribution in [3.63, 3.8) is 0 Å². The first-order chi connectivity index (χ1) is 10.1. The Morgan fingerprint density at radius 3 is 2.52 bits per heavy atom. The lowest BCUT2D eigenvalue weighted by molar-refractivity contribution is 0.0349. The zero-order valence-corrected chi connectivity index (χ0v) is 12.2. The molecule has 0 unspecified atom stereocenters. The van der Waals surface area contributed by atoms with Crippen LogP contribution in [0.25, 0.3) is 5.95 Å². The van der Waals surface area contributed by atoms with E-state index in [1.165, 1.54) is 0 Å². The molecule has 1 fully saturated rings. The van der Waals surface area contributed by atoms with Crippen LogP contribution in [0.5, 0.6) is 0 Å². The monoisotopic (exact) mass is 289 g/mol. The van der Waals surface area contributed by atoms with E-state index in [1.54, 1.807) is 30.3 Å². The Bertz CT molecular complexity index is 601. The molecule has 0 saturated carbocycles. The summed E-state index contributed by atoms with van der Waals surface area (Å²) >= 11 is 0. The van der Waals surface area contributed by atoms with E-state index in [1.807, 2.05) is 6.92 Å². The number of anilines is 2. The molecule has 3 rings (SSSR count). The van der Waals surface area contributed by atoms with Gasteiger partial charge in [0.1, 0.15) is 6.33 Å². The number of imidazole rings is 1. The van der Waals surface area contributed by atoms with Crippen molar-refractivity contribution in [3.8, 4) is 5.95 Å². The molecular formula is C13H19N7O. The lowest BCUT2D eigenvalue weighted by Crippen LogP contribution is -2.43. The summed E-state index contributed by atoms with van der Waals surface area (Å²) < 4.78 is 1.74. The highest BCUT2D eigenvalue weighted by Gasteiger charge is 2.28. The molecule has 1 aliphatic rings. The Labute approximate surface area is 122 Å². The molecule has 1 saturated heterocycles. The molecule has 0 spiro atoms. The van der Waals surface area contributed by atoms with Gasteiger partial charge in [-0.2, -0.15) is 15.0 Å².